The van der Waals surface area contributed by atoms with E-state index in [1.165, 1.54) is 39.0 Å². The maximum Gasteiger partial charge on any atom is 0.0192 e. The molecule has 1 aliphatic carbocycles. The maximum atomic E-state index is 5.81. The number of nitrogens with zero attached hydrogens (tertiary/aromatic N) is 2. The largest absolute Gasteiger partial charge is 0.330 e. The molecule has 0 aromatic heterocycles. The summed E-state index contributed by atoms with van der Waals surface area (Å²) in [6.07, 6.45) is 2.70. The van der Waals surface area contributed by atoms with E-state index in [0.717, 1.165) is 6.54 Å². The monoisotopic (exact) mass is 197 g/mol. The smallest absolute Gasteiger partial charge is 0.0192 e. The summed E-state index contributed by atoms with van der Waals surface area (Å²) in [6.45, 7) is 8.09. The highest BCUT2D eigenvalue weighted by Crippen LogP contribution is 2.45. The van der Waals surface area contributed by atoms with Crippen LogP contribution in [0, 0.1) is 5.41 Å². The third-order valence-corrected chi connectivity index (χ3v) is 3.99. The van der Waals surface area contributed by atoms with Gasteiger partial charge in [0.25, 0.3) is 0 Å². The average molecular weight is 197 g/mol. The Balaban J connectivity index is 1.82. The minimum absolute atomic E-state index is 0.510. The Labute approximate surface area is 87.2 Å². The zero-order valence-corrected chi connectivity index (χ0v) is 9.50. The van der Waals surface area contributed by atoms with Gasteiger partial charge in [0.05, 0.1) is 0 Å². The molecule has 0 aromatic rings. The number of hydrogen-bond donors (Lipinski definition) is 1. The molecule has 0 radical (unpaired) electrons. The molecule has 1 aliphatic heterocycles. The van der Waals surface area contributed by atoms with Crippen molar-refractivity contribution in [2.75, 3.05) is 39.8 Å². The van der Waals surface area contributed by atoms with Crippen LogP contribution in [-0.2, 0) is 0 Å². The first-order chi connectivity index (χ1) is 6.65. The molecule has 1 saturated carbocycles. The van der Waals surface area contributed by atoms with Gasteiger partial charge in [-0.3, -0.25) is 4.90 Å². The normalized spacial score (nSPS) is 33.2. The third-order valence-electron chi connectivity index (χ3n) is 3.99. The van der Waals surface area contributed by atoms with Crippen molar-refractivity contribution in [1.29, 1.82) is 0 Å². The van der Waals surface area contributed by atoms with Crippen LogP contribution in [0.3, 0.4) is 0 Å². The van der Waals surface area contributed by atoms with E-state index in [9.17, 15) is 0 Å². The van der Waals surface area contributed by atoms with Gasteiger partial charge in [0.15, 0.2) is 0 Å². The molecule has 0 amide bonds. The van der Waals surface area contributed by atoms with E-state index in [1.54, 1.807) is 0 Å². The molecule has 3 heteroatoms. The highest BCUT2D eigenvalue weighted by Gasteiger charge is 2.43. The summed E-state index contributed by atoms with van der Waals surface area (Å²) in [5, 5.41) is 0. The van der Waals surface area contributed by atoms with Crippen LogP contribution < -0.4 is 5.73 Å². The molecular formula is C11H23N3. The van der Waals surface area contributed by atoms with E-state index in [4.69, 9.17) is 5.73 Å². The van der Waals surface area contributed by atoms with Crippen LogP contribution in [0.15, 0.2) is 0 Å². The van der Waals surface area contributed by atoms with Crippen LogP contribution in [0.1, 0.15) is 19.8 Å². The summed E-state index contributed by atoms with van der Waals surface area (Å²) in [6, 6.07) is 0.706. The van der Waals surface area contributed by atoms with Crippen molar-refractivity contribution in [3.63, 3.8) is 0 Å². The molecule has 3 nitrogen and oxygen atoms in total. The summed E-state index contributed by atoms with van der Waals surface area (Å²) < 4.78 is 0. The molecule has 0 spiro atoms. The number of nitrogens with two attached hydrogens (primary N) is 1. The summed E-state index contributed by atoms with van der Waals surface area (Å²) in [7, 11) is 2.22. The van der Waals surface area contributed by atoms with Crippen LogP contribution in [0.2, 0.25) is 0 Å². The van der Waals surface area contributed by atoms with Crippen molar-refractivity contribution in [3.05, 3.63) is 0 Å². The summed E-state index contributed by atoms with van der Waals surface area (Å²) in [4.78, 5) is 5.04. The minimum Gasteiger partial charge on any atom is -0.330 e. The van der Waals surface area contributed by atoms with Gasteiger partial charge >= 0.3 is 0 Å². The fourth-order valence-electron chi connectivity index (χ4n) is 2.35. The first-order valence-corrected chi connectivity index (χ1v) is 5.78. The zero-order chi connectivity index (χ0) is 10.2. The molecule has 1 unspecified atom stereocenters. The van der Waals surface area contributed by atoms with Gasteiger partial charge in [-0.25, -0.2) is 0 Å². The lowest BCUT2D eigenvalue weighted by Crippen LogP contribution is -2.51. The number of rotatable bonds is 3. The van der Waals surface area contributed by atoms with Crippen LogP contribution in [0.25, 0.3) is 0 Å². The molecule has 2 fully saturated rings. The van der Waals surface area contributed by atoms with Gasteiger partial charge < -0.3 is 10.6 Å². The molecule has 2 N–H and O–H groups in total. The SMILES string of the molecule is CC1CN(CC2(CN)CC2)CCN1C. The summed E-state index contributed by atoms with van der Waals surface area (Å²) in [5.74, 6) is 0. The predicted molar refractivity (Wildman–Crippen MR) is 59.3 cm³/mol. The zero-order valence-electron chi connectivity index (χ0n) is 9.50. The maximum absolute atomic E-state index is 5.81. The van der Waals surface area contributed by atoms with Gasteiger partial charge in [-0.15, -0.1) is 0 Å². The number of hydrogen-bond acceptors (Lipinski definition) is 3. The Morgan fingerprint density at radius 2 is 2.07 bits per heavy atom. The lowest BCUT2D eigenvalue weighted by atomic mass is 10.1. The Hall–Kier alpha value is -0.120. The molecule has 82 valence electrons. The van der Waals surface area contributed by atoms with Gasteiger partial charge in [0.1, 0.15) is 0 Å². The van der Waals surface area contributed by atoms with E-state index in [-0.39, 0.29) is 0 Å². The van der Waals surface area contributed by atoms with E-state index in [1.807, 2.05) is 0 Å². The second-order valence-electron chi connectivity index (χ2n) is 5.27. The van der Waals surface area contributed by atoms with Crippen molar-refractivity contribution < 1.29 is 0 Å². The Kier molecular flexibility index (Phi) is 2.82. The van der Waals surface area contributed by atoms with Gasteiger partial charge in [0, 0.05) is 32.2 Å². The Morgan fingerprint density at radius 1 is 1.36 bits per heavy atom. The molecule has 1 heterocycles. The average Bonchev–Trinajstić information content (AvgIpc) is 2.93. The van der Waals surface area contributed by atoms with Gasteiger partial charge in [0.2, 0.25) is 0 Å². The first-order valence-electron chi connectivity index (χ1n) is 5.78. The van der Waals surface area contributed by atoms with Crippen molar-refractivity contribution in [1.82, 2.24) is 9.80 Å². The number of piperazine rings is 1. The molecule has 14 heavy (non-hydrogen) atoms. The van der Waals surface area contributed by atoms with E-state index in [0.29, 0.717) is 11.5 Å². The third kappa shape index (κ3) is 2.10. The summed E-state index contributed by atoms with van der Waals surface area (Å²) in [5.41, 5.74) is 6.32. The van der Waals surface area contributed by atoms with Gasteiger partial charge in [-0.05, 0) is 38.8 Å². The van der Waals surface area contributed by atoms with Crippen LogP contribution in [0.4, 0.5) is 0 Å². The molecule has 0 bridgehead atoms. The topological polar surface area (TPSA) is 32.5 Å². The molecular weight excluding hydrogens is 174 g/mol. The molecule has 0 aromatic carbocycles. The van der Waals surface area contributed by atoms with Crippen LogP contribution in [-0.4, -0.2) is 55.6 Å². The fourth-order valence-corrected chi connectivity index (χ4v) is 2.35. The molecule has 1 saturated heterocycles. The second kappa shape index (κ2) is 3.80. The van der Waals surface area contributed by atoms with Gasteiger partial charge in [-0.1, -0.05) is 0 Å². The number of likely N-dealkylation sites (N-methyl/N-ethyl adjacent to an activating group) is 1. The van der Waals surface area contributed by atoms with E-state index < -0.39 is 0 Å². The van der Waals surface area contributed by atoms with Gasteiger partial charge in [-0.2, -0.15) is 0 Å². The standard InChI is InChI=1S/C11H23N3/c1-10-7-14(6-5-13(10)2)9-11(8-12)3-4-11/h10H,3-9,12H2,1-2H3. The van der Waals surface area contributed by atoms with Crippen molar-refractivity contribution >= 4 is 0 Å². The fraction of sp³-hybridized carbons (Fsp3) is 1.00. The minimum atomic E-state index is 0.510. The van der Waals surface area contributed by atoms with Crippen LogP contribution in [0.5, 0.6) is 0 Å². The summed E-state index contributed by atoms with van der Waals surface area (Å²) >= 11 is 0. The predicted octanol–water partition coefficient (Wildman–Crippen LogP) is 0.361. The van der Waals surface area contributed by atoms with E-state index in [2.05, 4.69) is 23.8 Å². The molecule has 2 rings (SSSR count). The molecule has 2 aliphatic rings. The Morgan fingerprint density at radius 3 is 2.57 bits per heavy atom. The highest BCUT2D eigenvalue weighted by atomic mass is 15.3. The quantitative estimate of drug-likeness (QED) is 0.709. The first kappa shape index (κ1) is 10.4. The molecule has 1 atom stereocenters. The lowest BCUT2D eigenvalue weighted by Gasteiger charge is -2.39. The second-order valence-corrected chi connectivity index (χ2v) is 5.27. The highest BCUT2D eigenvalue weighted by molar-refractivity contribution is 4.97. The lowest BCUT2D eigenvalue weighted by molar-refractivity contribution is 0.0894. The van der Waals surface area contributed by atoms with Crippen molar-refractivity contribution in [2.45, 2.75) is 25.8 Å². The van der Waals surface area contributed by atoms with E-state index >= 15 is 0 Å². The van der Waals surface area contributed by atoms with Crippen molar-refractivity contribution in [3.8, 4) is 0 Å². The Bertz CT molecular complexity index is 201. The van der Waals surface area contributed by atoms with Crippen LogP contribution >= 0.6 is 0 Å². The van der Waals surface area contributed by atoms with Crippen molar-refractivity contribution in [2.24, 2.45) is 11.1 Å².